The molecule has 0 radical (unpaired) electrons. The molecule has 1 aromatic carbocycles. The van der Waals surface area contributed by atoms with E-state index in [0.717, 1.165) is 22.5 Å². The Morgan fingerprint density at radius 1 is 1.16 bits per heavy atom. The lowest BCUT2D eigenvalue weighted by molar-refractivity contribution is 0.569. The third kappa shape index (κ3) is 2.72. The van der Waals surface area contributed by atoms with Crippen LogP contribution < -0.4 is 5.73 Å². The average molecular weight is 259 g/mol. The molecule has 2 aromatic rings. The van der Waals surface area contributed by atoms with Crippen LogP contribution in [0.2, 0.25) is 0 Å². The summed E-state index contributed by atoms with van der Waals surface area (Å²) in [7, 11) is 0. The highest BCUT2D eigenvalue weighted by molar-refractivity contribution is 5.70. The summed E-state index contributed by atoms with van der Waals surface area (Å²) in [5.41, 5.74) is 8.79. The maximum Gasteiger partial charge on any atom is 0.220 e. The van der Waals surface area contributed by atoms with Crippen molar-refractivity contribution >= 4 is 5.95 Å². The predicted molar refractivity (Wildman–Crippen MR) is 75.3 cm³/mol. The molecule has 0 aliphatic heterocycles. The standard InChI is InChI=1S/C15H18FN3/c1-9-12(10-6-5-7-11(16)8-10)13(15(2,3)4)19-14(17)18-9/h5-8H,1-4H3,(H2,17,18,19). The van der Waals surface area contributed by atoms with Gasteiger partial charge in [0.25, 0.3) is 0 Å². The number of aryl methyl sites for hydroxylation is 1. The number of aromatic nitrogens is 2. The zero-order valence-electron chi connectivity index (χ0n) is 11.7. The molecule has 2 rings (SSSR count). The zero-order chi connectivity index (χ0) is 14.2. The van der Waals surface area contributed by atoms with Gasteiger partial charge in [-0.15, -0.1) is 0 Å². The summed E-state index contributed by atoms with van der Waals surface area (Å²) in [5.74, 6) is -0.0174. The van der Waals surface area contributed by atoms with Crippen molar-refractivity contribution in [3.05, 3.63) is 41.5 Å². The Morgan fingerprint density at radius 2 is 1.84 bits per heavy atom. The van der Waals surface area contributed by atoms with Gasteiger partial charge in [-0.25, -0.2) is 14.4 Å². The van der Waals surface area contributed by atoms with Crippen LogP contribution in [0.1, 0.15) is 32.2 Å². The first-order valence-corrected chi connectivity index (χ1v) is 6.19. The van der Waals surface area contributed by atoms with Crippen molar-refractivity contribution in [2.24, 2.45) is 0 Å². The van der Waals surface area contributed by atoms with Gasteiger partial charge in [0.2, 0.25) is 5.95 Å². The third-order valence-electron chi connectivity index (χ3n) is 2.93. The largest absolute Gasteiger partial charge is 0.368 e. The number of anilines is 1. The van der Waals surface area contributed by atoms with Gasteiger partial charge in [-0.05, 0) is 24.6 Å². The van der Waals surface area contributed by atoms with Gasteiger partial charge < -0.3 is 5.73 Å². The molecule has 0 aliphatic carbocycles. The van der Waals surface area contributed by atoms with Crippen molar-refractivity contribution < 1.29 is 4.39 Å². The highest BCUT2D eigenvalue weighted by atomic mass is 19.1. The minimum absolute atomic E-state index is 0.191. The lowest BCUT2D eigenvalue weighted by Gasteiger charge is -2.23. The van der Waals surface area contributed by atoms with Crippen LogP contribution in [0.5, 0.6) is 0 Å². The van der Waals surface area contributed by atoms with Crippen LogP contribution in [0.3, 0.4) is 0 Å². The van der Waals surface area contributed by atoms with Crippen LogP contribution in [0.15, 0.2) is 24.3 Å². The van der Waals surface area contributed by atoms with E-state index < -0.39 is 0 Å². The van der Waals surface area contributed by atoms with Crippen molar-refractivity contribution in [2.45, 2.75) is 33.1 Å². The predicted octanol–water partition coefficient (Wildman–Crippen LogP) is 3.47. The Labute approximate surface area is 112 Å². The Hall–Kier alpha value is -1.97. The smallest absolute Gasteiger partial charge is 0.220 e. The number of hydrogen-bond acceptors (Lipinski definition) is 3. The van der Waals surface area contributed by atoms with Gasteiger partial charge in [0.1, 0.15) is 5.82 Å². The fourth-order valence-corrected chi connectivity index (χ4v) is 2.13. The molecule has 0 saturated heterocycles. The Kier molecular flexibility index (Phi) is 3.27. The molecule has 1 heterocycles. The van der Waals surface area contributed by atoms with E-state index >= 15 is 0 Å². The summed E-state index contributed by atoms with van der Waals surface area (Å²) in [6, 6.07) is 6.47. The van der Waals surface area contributed by atoms with Gasteiger partial charge in [0, 0.05) is 11.0 Å². The highest BCUT2D eigenvalue weighted by Crippen LogP contribution is 2.33. The molecule has 0 unspecified atom stereocenters. The normalized spacial score (nSPS) is 11.6. The van der Waals surface area contributed by atoms with Gasteiger partial charge in [0.15, 0.2) is 0 Å². The van der Waals surface area contributed by atoms with Gasteiger partial charge in [0.05, 0.1) is 11.4 Å². The molecular weight excluding hydrogens is 241 g/mol. The van der Waals surface area contributed by atoms with Crippen LogP contribution in [0, 0.1) is 12.7 Å². The summed E-state index contributed by atoms with van der Waals surface area (Å²) in [6.45, 7) is 8.03. The Balaban J connectivity index is 2.75. The summed E-state index contributed by atoms with van der Waals surface area (Å²) in [6.07, 6.45) is 0. The second-order valence-corrected chi connectivity index (χ2v) is 5.65. The second kappa shape index (κ2) is 4.61. The van der Waals surface area contributed by atoms with Crippen LogP contribution in [0.4, 0.5) is 10.3 Å². The summed E-state index contributed by atoms with van der Waals surface area (Å²) >= 11 is 0. The van der Waals surface area contributed by atoms with Crippen LogP contribution in [-0.2, 0) is 5.41 Å². The van der Waals surface area contributed by atoms with Crippen LogP contribution >= 0.6 is 0 Å². The highest BCUT2D eigenvalue weighted by Gasteiger charge is 2.23. The monoisotopic (exact) mass is 259 g/mol. The topological polar surface area (TPSA) is 51.8 Å². The molecule has 1 aromatic heterocycles. The fraction of sp³-hybridized carbons (Fsp3) is 0.333. The number of benzene rings is 1. The van der Waals surface area contributed by atoms with Crippen LogP contribution in [0.25, 0.3) is 11.1 Å². The molecule has 0 atom stereocenters. The Bertz CT molecular complexity index is 615. The van der Waals surface area contributed by atoms with E-state index in [1.165, 1.54) is 12.1 Å². The summed E-state index contributed by atoms with van der Waals surface area (Å²) in [4.78, 5) is 8.55. The molecule has 0 spiro atoms. The fourth-order valence-electron chi connectivity index (χ4n) is 2.13. The number of nitrogens with zero attached hydrogens (tertiary/aromatic N) is 2. The number of nitrogen functional groups attached to an aromatic ring is 1. The van der Waals surface area contributed by atoms with E-state index in [1.54, 1.807) is 6.07 Å². The quantitative estimate of drug-likeness (QED) is 0.853. The maximum absolute atomic E-state index is 13.4. The van der Waals surface area contributed by atoms with E-state index in [1.807, 2.05) is 13.0 Å². The van der Waals surface area contributed by atoms with Crippen molar-refractivity contribution in [1.82, 2.24) is 9.97 Å². The number of hydrogen-bond donors (Lipinski definition) is 1. The SMILES string of the molecule is Cc1nc(N)nc(C(C)(C)C)c1-c1cccc(F)c1. The molecule has 3 nitrogen and oxygen atoms in total. The van der Waals surface area contributed by atoms with E-state index in [4.69, 9.17) is 5.73 Å². The summed E-state index contributed by atoms with van der Waals surface area (Å²) in [5, 5.41) is 0. The first kappa shape index (κ1) is 13.5. The molecule has 0 amide bonds. The second-order valence-electron chi connectivity index (χ2n) is 5.65. The lowest BCUT2D eigenvalue weighted by Crippen LogP contribution is -2.18. The summed E-state index contributed by atoms with van der Waals surface area (Å²) < 4.78 is 13.4. The van der Waals surface area contributed by atoms with E-state index in [-0.39, 0.29) is 17.2 Å². The first-order chi connectivity index (χ1) is 8.79. The number of nitrogens with two attached hydrogens (primary N) is 1. The molecule has 2 N–H and O–H groups in total. The lowest BCUT2D eigenvalue weighted by atomic mass is 9.85. The van der Waals surface area contributed by atoms with Crippen molar-refractivity contribution in [2.75, 3.05) is 5.73 Å². The van der Waals surface area contributed by atoms with E-state index in [2.05, 4.69) is 30.7 Å². The molecular formula is C15H18FN3. The van der Waals surface area contributed by atoms with Crippen molar-refractivity contribution in [1.29, 1.82) is 0 Å². The molecule has 0 saturated carbocycles. The first-order valence-electron chi connectivity index (χ1n) is 6.19. The minimum Gasteiger partial charge on any atom is -0.368 e. The number of halogens is 1. The molecule has 4 heteroatoms. The third-order valence-corrected chi connectivity index (χ3v) is 2.93. The zero-order valence-corrected chi connectivity index (χ0v) is 11.7. The molecule has 0 aliphatic rings. The molecule has 0 fully saturated rings. The maximum atomic E-state index is 13.4. The van der Waals surface area contributed by atoms with Gasteiger partial charge in [-0.1, -0.05) is 32.9 Å². The van der Waals surface area contributed by atoms with Gasteiger partial charge in [-0.2, -0.15) is 0 Å². The van der Waals surface area contributed by atoms with Crippen molar-refractivity contribution in [3.8, 4) is 11.1 Å². The molecule has 100 valence electrons. The average Bonchev–Trinajstić information content (AvgIpc) is 2.26. The molecule has 0 bridgehead atoms. The van der Waals surface area contributed by atoms with Gasteiger partial charge in [-0.3, -0.25) is 0 Å². The van der Waals surface area contributed by atoms with Crippen molar-refractivity contribution in [3.63, 3.8) is 0 Å². The minimum atomic E-state index is -0.270. The number of rotatable bonds is 1. The van der Waals surface area contributed by atoms with E-state index in [9.17, 15) is 4.39 Å². The van der Waals surface area contributed by atoms with Gasteiger partial charge >= 0.3 is 0 Å². The van der Waals surface area contributed by atoms with Crippen LogP contribution in [-0.4, -0.2) is 9.97 Å². The van der Waals surface area contributed by atoms with E-state index in [0.29, 0.717) is 0 Å². The molecule has 19 heavy (non-hydrogen) atoms. The Morgan fingerprint density at radius 3 is 2.42 bits per heavy atom.